The van der Waals surface area contributed by atoms with Crippen molar-refractivity contribution in [2.24, 2.45) is 5.73 Å². The lowest BCUT2D eigenvalue weighted by atomic mass is 10.1. The van der Waals surface area contributed by atoms with E-state index < -0.39 is 0 Å². The predicted molar refractivity (Wildman–Crippen MR) is 78.5 cm³/mol. The van der Waals surface area contributed by atoms with E-state index in [0.29, 0.717) is 12.1 Å². The van der Waals surface area contributed by atoms with Crippen LogP contribution in [-0.2, 0) is 6.42 Å². The first kappa shape index (κ1) is 13.0. The van der Waals surface area contributed by atoms with Crippen LogP contribution >= 0.6 is 0 Å². The maximum absolute atomic E-state index is 6.13. The van der Waals surface area contributed by atoms with Crippen LogP contribution in [0.3, 0.4) is 0 Å². The molecule has 1 saturated heterocycles. The number of nitrogens with zero attached hydrogens (tertiary/aromatic N) is 3. The fourth-order valence-corrected chi connectivity index (χ4v) is 3.48. The maximum Gasteiger partial charge on any atom is 0.206 e. The van der Waals surface area contributed by atoms with E-state index in [1.807, 2.05) is 0 Å². The Bertz CT molecular complexity index is 420. The van der Waals surface area contributed by atoms with Crippen LogP contribution in [0.15, 0.2) is 6.20 Å². The van der Waals surface area contributed by atoms with Crippen LogP contribution in [0.4, 0.5) is 5.95 Å². The lowest BCUT2D eigenvalue weighted by Crippen LogP contribution is -2.44. The number of aryl methyl sites for hydroxylation is 1. The Morgan fingerprint density at radius 2 is 2.05 bits per heavy atom. The molecule has 3 rings (SSSR count). The van der Waals surface area contributed by atoms with Crippen molar-refractivity contribution in [3.05, 3.63) is 11.9 Å². The van der Waals surface area contributed by atoms with Gasteiger partial charge in [-0.15, -0.1) is 0 Å². The van der Waals surface area contributed by atoms with E-state index in [0.717, 1.165) is 25.9 Å². The number of hydrogen-bond donors (Lipinski definition) is 1. The van der Waals surface area contributed by atoms with E-state index in [9.17, 15) is 0 Å². The van der Waals surface area contributed by atoms with Gasteiger partial charge in [0.15, 0.2) is 0 Å². The summed E-state index contributed by atoms with van der Waals surface area (Å²) >= 11 is 0. The Balaban J connectivity index is 1.87. The molecule has 0 spiro atoms. The SMILES string of the molecule is CCc1cn(C2CCCC2)c(N2CCC[C@@H](N)C2)n1. The highest BCUT2D eigenvalue weighted by atomic mass is 15.3. The Kier molecular flexibility index (Phi) is 3.78. The van der Waals surface area contributed by atoms with Gasteiger partial charge in [0.05, 0.1) is 5.69 Å². The highest BCUT2D eigenvalue weighted by molar-refractivity contribution is 5.35. The topological polar surface area (TPSA) is 47.1 Å². The number of piperidine rings is 1. The van der Waals surface area contributed by atoms with E-state index in [4.69, 9.17) is 10.7 Å². The van der Waals surface area contributed by atoms with Gasteiger partial charge in [0, 0.05) is 31.4 Å². The standard InChI is InChI=1S/C15H26N4/c1-2-13-11-19(14-7-3-4-8-14)15(17-13)18-9-5-6-12(16)10-18/h11-12,14H,2-10,16H2,1H3/t12-/m1/s1. The van der Waals surface area contributed by atoms with Crippen LogP contribution in [0.5, 0.6) is 0 Å². The second kappa shape index (κ2) is 5.53. The van der Waals surface area contributed by atoms with Gasteiger partial charge in [0.25, 0.3) is 0 Å². The summed E-state index contributed by atoms with van der Waals surface area (Å²) in [7, 11) is 0. The minimum Gasteiger partial charge on any atom is -0.341 e. The van der Waals surface area contributed by atoms with Gasteiger partial charge in [-0.2, -0.15) is 0 Å². The molecule has 1 aromatic rings. The molecule has 2 N–H and O–H groups in total. The fourth-order valence-electron chi connectivity index (χ4n) is 3.48. The van der Waals surface area contributed by atoms with Gasteiger partial charge in [0.2, 0.25) is 5.95 Å². The van der Waals surface area contributed by atoms with Crippen LogP contribution < -0.4 is 10.6 Å². The first-order valence-corrected chi connectivity index (χ1v) is 7.86. The van der Waals surface area contributed by atoms with Crippen LogP contribution in [0.2, 0.25) is 0 Å². The van der Waals surface area contributed by atoms with Crippen molar-refractivity contribution in [3.8, 4) is 0 Å². The molecule has 2 aliphatic rings. The summed E-state index contributed by atoms with van der Waals surface area (Å²) in [4.78, 5) is 7.27. The molecular formula is C15H26N4. The van der Waals surface area contributed by atoms with Crippen LogP contribution in [-0.4, -0.2) is 28.7 Å². The van der Waals surface area contributed by atoms with Crippen LogP contribution in [0.1, 0.15) is 57.2 Å². The zero-order chi connectivity index (χ0) is 13.2. The number of nitrogens with two attached hydrogens (primary N) is 1. The second-order valence-electron chi connectivity index (χ2n) is 6.08. The van der Waals surface area contributed by atoms with Gasteiger partial charge >= 0.3 is 0 Å². The molecule has 2 fully saturated rings. The molecule has 2 heterocycles. The van der Waals surface area contributed by atoms with Crippen LogP contribution in [0, 0.1) is 0 Å². The average molecular weight is 262 g/mol. The van der Waals surface area contributed by atoms with Gasteiger partial charge in [-0.05, 0) is 32.1 Å². The molecule has 106 valence electrons. The molecule has 0 radical (unpaired) electrons. The summed E-state index contributed by atoms with van der Waals surface area (Å²) < 4.78 is 2.45. The third-order valence-corrected chi connectivity index (χ3v) is 4.58. The fraction of sp³-hybridized carbons (Fsp3) is 0.800. The molecule has 4 heteroatoms. The maximum atomic E-state index is 6.13. The molecule has 1 atom stereocenters. The summed E-state index contributed by atoms with van der Waals surface area (Å²) in [5, 5.41) is 0. The molecule has 0 bridgehead atoms. The van der Waals surface area contributed by atoms with Gasteiger partial charge in [-0.1, -0.05) is 19.8 Å². The Hall–Kier alpha value is -1.03. The first-order valence-electron chi connectivity index (χ1n) is 7.86. The zero-order valence-electron chi connectivity index (χ0n) is 12.0. The Morgan fingerprint density at radius 1 is 1.26 bits per heavy atom. The van der Waals surface area contributed by atoms with Crippen molar-refractivity contribution in [2.45, 2.75) is 64.0 Å². The van der Waals surface area contributed by atoms with E-state index >= 15 is 0 Å². The van der Waals surface area contributed by atoms with Crippen LogP contribution in [0.25, 0.3) is 0 Å². The Morgan fingerprint density at radius 3 is 2.74 bits per heavy atom. The molecule has 1 aromatic heterocycles. The number of hydrogen-bond acceptors (Lipinski definition) is 3. The summed E-state index contributed by atoms with van der Waals surface area (Å²) in [5.41, 5.74) is 7.35. The number of imidazole rings is 1. The van der Waals surface area contributed by atoms with E-state index in [2.05, 4.69) is 22.6 Å². The molecule has 1 saturated carbocycles. The Labute approximate surface area is 116 Å². The quantitative estimate of drug-likeness (QED) is 0.910. The van der Waals surface area contributed by atoms with Crippen molar-refractivity contribution in [3.63, 3.8) is 0 Å². The highest BCUT2D eigenvalue weighted by Gasteiger charge is 2.26. The molecule has 0 unspecified atom stereocenters. The van der Waals surface area contributed by atoms with Gasteiger partial charge in [-0.3, -0.25) is 0 Å². The third kappa shape index (κ3) is 2.64. The van der Waals surface area contributed by atoms with E-state index in [1.165, 1.54) is 43.7 Å². The molecule has 1 aliphatic heterocycles. The monoisotopic (exact) mass is 262 g/mol. The largest absolute Gasteiger partial charge is 0.341 e. The molecule has 4 nitrogen and oxygen atoms in total. The molecule has 19 heavy (non-hydrogen) atoms. The lowest BCUT2D eigenvalue weighted by Gasteiger charge is -2.32. The second-order valence-corrected chi connectivity index (χ2v) is 6.08. The summed E-state index contributed by atoms with van der Waals surface area (Å²) in [6, 6.07) is 0.980. The van der Waals surface area contributed by atoms with Crippen molar-refractivity contribution >= 4 is 5.95 Å². The summed E-state index contributed by atoms with van der Waals surface area (Å²) in [5.74, 6) is 1.18. The number of rotatable bonds is 3. The van der Waals surface area contributed by atoms with E-state index in [1.54, 1.807) is 0 Å². The number of anilines is 1. The summed E-state index contributed by atoms with van der Waals surface area (Å²) in [6.45, 7) is 4.26. The third-order valence-electron chi connectivity index (χ3n) is 4.58. The van der Waals surface area contributed by atoms with Gasteiger partial charge in [0.1, 0.15) is 0 Å². The van der Waals surface area contributed by atoms with Crippen molar-refractivity contribution in [1.82, 2.24) is 9.55 Å². The van der Waals surface area contributed by atoms with Crippen molar-refractivity contribution < 1.29 is 0 Å². The molecule has 1 aliphatic carbocycles. The summed E-state index contributed by atoms with van der Waals surface area (Å²) in [6.07, 6.45) is 11.0. The van der Waals surface area contributed by atoms with Crippen molar-refractivity contribution in [2.75, 3.05) is 18.0 Å². The zero-order valence-corrected chi connectivity index (χ0v) is 12.0. The minimum atomic E-state index is 0.313. The average Bonchev–Trinajstić information content (AvgIpc) is 3.07. The highest BCUT2D eigenvalue weighted by Crippen LogP contribution is 2.33. The first-order chi connectivity index (χ1) is 9.28. The van der Waals surface area contributed by atoms with E-state index in [-0.39, 0.29) is 0 Å². The normalized spacial score (nSPS) is 25.2. The molecule has 0 amide bonds. The predicted octanol–water partition coefficient (Wildman–Crippen LogP) is 2.49. The van der Waals surface area contributed by atoms with Crippen molar-refractivity contribution in [1.29, 1.82) is 0 Å². The van der Waals surface area contributed by atoms with Gasteiger partial charge < -0.3 is 15.2 Å². The minimum absolute atomic E-state index is 0.313. The smallest absolute Gasteiger partial charge is 0.206 e. The molecular weight excluding hydrogens is 236 g/mol. The molecule has 0 aromatic carbocycles. The lowest BCUT2D eigenvalue weighted by molar-refractivity contribution is 0.469. The number of aromatic nitrogens is 2. The van der Waals surface area contributed by atoms with Gasteiger partial charge in [-0.25, -0.2) is 4.98 Å².